The molecular formula is C32H46Cl2N6O5S. The first-order valence-corrected chi connectivity index (χ1v) is 16.5. The number of nitrogens with zero attached hydrogens (tertiary/aromatic N) is 3. The molecule has 0 aromatic heterocycles. The van der Waals surface area contributed by atoms with E-state index in [1.807, 2.05) is 45.3 Å². The summed E-state index contributed by atoms with van der Waals surface area (Å²) in [7, 11) is -0.138. The maximum atomic E-state index is 14.4. The lowest BCUT2D eigenvalue weighted by atomic mass is 9.98. The molecule has 11 nitrogen and oxygen atoms in total. The van der Waals surface area contributed by atoms with Crippen LogP contribution in [0.2, 0.25) is 0 Å². The number of carbonyl (C=O) groups is 2. The molecule has 2 aromatic rings. The van der Waals surface area contributed by atoms with Crippen molar-refractivity contribution in [3.63, 3.8) is 0 Å². The highest BCUT2D eigenvalue weighted by Crippen LogP contribution is 2.31. The van der Waals surface area contributed by atoms with Crippen LogP contribution in [0.4, 0.5) is 0 Å². The lowest BCUT2D eigenvalue weighted by Crippen LogP contribution is -2.56. The normalized spacial score (nSPS) is 19.1. The Hall–Kier alpha value is -3.00. The quantitative estimate of drug-likeness (QED) is 0.150. The molecule has 3 atom stereocenters. The van der Waals surface area contributed by atoms with Crippen LogP contribution in [0.3, 0.4) is 0 Å². The molecule has 46 heavy (non-hydrogen) atoms. The zero-order valence-corrected chi connectivity index (χ0v) is 29.0. The first-order valence-electron chi connectivity index (χ1n) is 14.9. The number of carboxylic acids is 1. The van der Waals surface area contributed by atoms with Crippen LogP contribution in [0, 0.1) is 5.41 Å². The topological polar surface area (TPSA) is 160 Å². The third-order valence-electron chi connectivity index (χ3n) is 8.36. The number of carbonyl (C=O) groups excluding carboxylic acids is 1. The van der Waals surface area contributed by atoms with Gasteiger partial charge in [-0.1, -0.05) is 54.1 Å². The van der Waals surface area contributed by atoms with Crippen LogP contribution in [0.25, 0.3) is 0 Å². The number of halogens is 2. The zero-order chi connectivity index (χ0) is 32.0. The van der Waals surface area contributed by atoms with Crippen LogP contribution in [0.5, 0.6) is 0 Å². The van der Waals surface area contributed by atoms with Gasteiger partial charge < -0.3 is 25.5 Å². The molecule has 2 aliphatic rings. The van der Waals surface area contributed by atoms with Gasteiger partial charge in [0.15, 0.2) is 0 Å². The molecule has 0 radical (unpaired) electrons. The van der Waals surface area contributed by atoms with Gasteiger partial charge in [-0.25, -0.2) is 17.9 Å². The number of amides is 1. The molecule has 0 saturated carbocycles. The Labute approximate surface area is 284 Å². The van der Waals surface area contributed by atoms with E-state index < -0.39 is 39.2 Å². The van der Waals surface area contributed by atoms with E-state index >= 15 is 0 Å². The monoisotopic (exact) mass is 696 g/mol. The van der Waals surface area contributed by atoms with Gasteiger partial charge in [0.2, 0.25) is 15.9 Å². The average Bonchev–Trinajstić information content (AvgIpc) is 3.16. The fourth-order valence-corrected chi connectivity index (χ4v) is 7.68. The number of nitrogens with two attached hydrogens (primary N) is 1. The molecule has 5 N–H and O–H groups in total. The van der Waals surface area contributed by atoms with Crippen molar-refractivity contribution in [2.24, 2.45) is 5.73 Å². The predicted octanol–water partition coefficient (Wildman–Crippen LogP) is 2.83. The van der Waals surface area contributed by atoms with Crippen LogP contribution < -0.4 is 10.5 Å². The van der Waals surface area contributed by atoms with Crippen molar-refractivity contribution in [1.82, 2.24) is 19.4 Å². The van der Waals surface area contributed by atoms with Crippen LogP contribution in [-0.2, 0) is 32.5 Å². The van der Waals surface area contributed by atoms with Gasteiger partial charge in [0.25, 0.3) is 0 Å². The van der Waals surface area contributed by atoms with Crippen molar-refractivity contribution >= 4 is 52.5 Å². The maximum absolute atomic E-state index is 14.4. The number of carboxylic acid groups (broad SMARTS) is 1. The fraction of sp³-hybridized carbons (Fsp3) is 0.469. The second kappa shape index (κ2) is 17.2. The van der Waals surface area contributed by atoms with Gasteiger partial charge in [0.1, 0.15) is 23.2 Å². The molecule has 254 valence electrons. The van der Waals surface area contributed by atoms with E-state index in [2.05, 4.69) is 14.5 Å². The number of rotatable bonds is 12. The molecule has 1 amide bonds. The number of nitrogen functional groups attached to an aromatic ring is 1. The number of aliphatic carboxylic acids is 1. The third-order valence-corrected chi connectivity index (χ3v) is 10.1. The lowest BCUT2D eigenvalue weighted by Gasteiger charge is -2.35. The summed E-state index contributed by atoms with van der Waals surface area (Å²) in [6.07, 6.45) is 3.52. The Bertz CT molecular complexity index is 1520. The molecule has 2 aliphatic heterocycles. The summed E-state index contributed by atoms with van der Waals surface area (Å²) in [5.74, 6) is -1.90. The maximum Gasteiger partial charge on any atom is 0.326 e. The van der Waals surface area contributed by atoms with E-state index in [-0.39, 0.29) is 56.6 Å². The Morgan fingerprint density at radius 1 is 1.15 bits per heavy atom. The molecule has 4 rings (SSSR count). The second-order valence-corrected chi connectivity index (χ2v) is 13.9. The summed E-state index contributed by atoms with van der Waals surface area (Å²) in [5.41, 5.74) is 9.26. The highest BCUT2D eigenvalue weighted by atomic mass is 35.5. The van der Waals surface area contributed by atoms with Crippen LogP contribution in [0.1, 0.15) is 47.3 Å². The molecule has 0 bridgehead atoms. The number of hydrogen-bond acceptors (Lipinski definition) is 7. The molecule has 2 aromatic carbocycles. The minimum absolute atomic E-state index is 0. The van der Waals surface area contributed by atoms with Crippen molar-refractivity contribution in [2.75, 3.05) is 46.8 Å². The molecule has 0 aliphatic carbocycles. The Kier molecular flexibility index (Phi) is 14.7. The van der Waals surface area contributed by atoms with Gasteiger partial charge in [0, 0.05) is 25.2 Å². The van der Waals surface area contributed by atoms with Crippen LogP contribution >= 0.6 is 24.8 Å². The van der Waals surface area contributed by atoms with E-state index in [9.17, 15) is 23.1 Å². The van der Waals surface area contributed by atoms with E-state index in [0.717, 1.165) is 37.2 Å². The van der Waals surface area contributed by atoms with Gasteiger partial charge in [0.05, 0.1) is 0 Å². The first-order chi connectivity index (χ1) is 20.9. The van der Waals surface area contributed by atoms with Crippen LogP contribution in [0.15, 0.2) is 60.2 Å². The summed E-state index contributed by atoms with van der Waals surface area (Å²) in [6, 6.07) is 11.9. The average molecular weight is 698 g/mol. The largest absolute Gasteiger partial charge is 0.480 e. The number of hydrogen-bond donors (Lipinski definition) is 4. The number of nitrogens with one attached hydrogen (secondary N) is 2. The lowest BCUT2D eigenvalue weighted by molar-refractivity contribution is -0.150. The van der Waals surface area contributed by atoms with Gasteiger partial charge in [-0.2, -0.15) is 0 Å². The number of fused-ring (bicyclic) bond motifs is 1. The second-order valence-electron chi connectivity index (χ2n) is 12.0. The zero-order valence-electron chi connectivity index (χ0n) is 26.5. The Morgan fingerprint density at radius 2 is 1.87 bits per heavy atom. The molecule has 0 fully saturated rings. The number of benzene rings is 2. The van der Waals surface area contributed by atoms with Crippen molar-refractivity contribution in [1.29, 1.82) is 5.41 Å². The summed E-state index contributed by atoms with van der Waals surface area (Å²) in [6.45, 7) is 4.49. The first kappa shape index (κ1) is 39.2. The van der Waals surface area contributed by atoms with Gasteiger partial charge in [-0.15, -0.1) is 24.8 Å². The minimum atomic E-state index is -4.15. The third kappa shape index (κ3) is 10.00. The Balaban J connectivity index is 0.00000368. The van der Waals surface area contributed by atoms with Crippen molar-refractivity contribution < 1.29 is 23.1 Å². The van der Waals surface area contributed by atoms with E-state index in [1.165, 1.54) is 4.90 Å². The highest BCUT2D eigenvalue weighted by molar-refractivity contribution is 7.89. The summed E-state index contributed by atoms with van der Waals surface area (Å²) in [4.78, 5) is 31.8. The molecule has 0 saturated heterocycles. The van der Waals surface area contributed by atoms with Gasteiger partial charge in [-0.3, -0.25) is 10.2 Å². The van der Waals surface area contributed by atoms with E-state index in [1.54, 1.807) is 30.3 Å². The van der Waals surface area contributed by atoms with Gasteiger partial charge >= 0.3 is 5.97 Å². The Morgan fingerprint density at radius 3 is 2.54 bits per heavy atom. The predicted molar refractivity (Wildman–Crippen MR) is 186 cm³/mol. The minimum Gasteiger partial charge on any atom is -0.480 e. The molecule has 2 heterocycles. The summed E-state index contributed by atoms with van der Waals surface area (Å²) >= 11 is 0. The standard InChI is InChI=1S/C32H44N6O5S.2ClH/c1-22-12-17-38(28(18-22)32(40)41)31(39)27(20-23-8-6-10-25(19-23)30(33)34)35-44(42,43)29-21-37(15-7-14-36(2)3)16-13-24-9-4-5-11-26(24)29;;/h4-6,8-12,19,27-29,35H,7,13-18,20-21H2,1-3H3,(H3,33,34)(H,40,41);2*1H/t27-,28?,29?;;/m0../s1. The van der Waals surface area contributed by atoms with Crippen molar-refractivity contribution in [3.05, 3.63) is 82.4 Å². The molecular weight excluding hydrogens is 651 g/mol. The smallest absolute Gasteiger partial charge is 0.326 e. The summed E-state index contributed by atoms with van der Waals surface area (Å²) < 4.78 is 31.5. The molecule has 2 unspecified atom stereocenters. The summed E-state index contributed by atoms with van der Waals surface area (Å²) in [5, 5.41) is 16.8. The van der Waals surface area contributed by atoms with E-state index in [4.69, 9.17) is 11.1 Å². The molecule has 0 spiro atoms. The highest BCUT2D eigenvalue weighted by Gasteiger charge is 2.40. The SMILES string of the molecule is CC1=CCN(C(=O)[C@H](Cc2cccc(C(=N)N)c2)NS(=O)(=O)C2CN(CCCN(C)C)CCc3ccccc32)C(C(=O)O)C1.Cl.Cl. The van der Waals surface area contributed by atoms with Crippen LogP contribution in [-0.4, -0.2) is 105 Å². The number of sulfonamides is 1. The van der Waals surface area contributed by atoms with Gasteiger partial charge in [-0.05, 0) is 82.5 Å². The van der Waals surface area contributed by atoms with Crippen molar-refractivity contribution in [2.45, 2.75) is 49.9 Å². The number of amidine groups is 1. The van der Waals surface area contributed by atoms with E-state index in [0.29, 0.717) is 23.1 Å². The molecule has 14 heteroatoms. The fourth-order valence-electron chi connectivity index (χ4n) is 5.96. The van der Waals surface area contributed by atoms with Crippen molar-refractivity contribution in [3.8, 4) is 0 Å².